The maximum Gasteiger partial charge on any atom is 0.194 e. The van der Waals surface area contributed by atoms with Gasteiger partial charge in [-0.3, -0.25) is 0 Å². The molecular weight excluding hydrogens is 501 g/mol. The zero-order chi connectivity index (χ0) is 25.6. The van der Waals surface area contributed by atoms with Gasteiger partial charge in [-0.1, -0.05) is 22.9 Å². The minimum absolute atomic E-state index is 0.0116. The summed E-state index contributed by atoms with van der Waals surface area (Å²) in [7, 11) is 0. The number of aliphatic hydroxyl groups excluding tert-OH is 3. The van der Waals surface area contributed by atoms with E-state index in [1.807, 2.05) is 17.0 Å². The van der Waals surface area contributed by atoms with Gasteiger partial charge in [0.15, 0.2) is 17.5 Å². The molecule has 1 unspecified atom stereocenters. The molecule has 2 aromatic carbocycles. The van der Waals surface area contributed by atoms with Gasteiger partial charge in [0.2, 0.25) is 0 Å². The summed E-state index contributed by atoms with van der Waals surface area (Å²) in [6.45, 7) is 0.424. The van der Waals surface area contributed by atoms with Crippen LogP contribution in [0.3, 0.4) is 0 Å². The van der Waals surface area contributed by atoms with E-state index < -0.39 is 54.0 Å². The van der Waals surface area contributed by atoms with Crippen molar-refractivity contribution in [3.8, 4) is 11.3 Å². The zero-order valence-electron chi connectivity index (χ0n) is 18.9. The van der Waals surface area contributed by atoms with E-state index in [-0.39, 0.29) is 17.8 Å². The van der Waals surface area contributed by atoms with Gasteiger partial charge < -0.3 is 25.0 Å². The maximum atomic E-state index is 13.7. The molecule has 0 amide bonds. The summed E-state index contributed by atoms with van der Waals surface area (Å²) in [5, 5.41) is 40.9. The fraction of sp³-hybridized carbons (Fsp3) is 0.417. The molecule has 3 N–H and O–H groups in total. The van der Waals surface area contributed by atoms with Gasteiger partial charge in [0, 0.05) is 29.4 Å². The van der Waals surface area contributed by atoms with Gasteiger partial charge in [-0.15, -0.1) is 5.10 Å². The highest BCUT2D eigenvalue weighted by Gasteiger charge is 2.56. The molecule has 2 aliphatic rings. The number of halogens is 4. The first-order chi connectivity index (χ1) is 17.2. The smallest absolute Gasteiger partial charge is 0.194 e. The fourth-order valence-electron chi connectivity index (χ4n) is 5.14. The van der Waals surface area contributed by atoms with E-state index in [1.54, 1.807) is 12.1 Å². The molecule has 2 aliphatic heterocycles. The first-order valence-corrected chi connectivity index (χ1v) is 11.8. The summed E-state index contributed by atoms with van der Waals surface area (Å²) >= 11 is 6.16. The number of hydrogen-bond acceptors (Lipinski definition) is 7. The number of rotatable bonds is 4. The molecule has 0 bridgehead atoms. The van der Waals surface area contributed by atoms with E-state index in [2.05, 4.69) is 10.3 Å². The second-order valence-electron chi connectivity index (χ2n) is 9.17. The number of nitrogens with zero attached hydrogens (tertiary/aromatic N) is 4. The topological polar surface area (TPSA) is 104 Å². The quantitative estimate of drug-likeness (QED) is 0.451. The van der Waals surface area contributed by atoms with E-state index in [0.29, 0.717) is 24.4 Å². The Labute approximate surface area is 209 Å². The molecule has 3 aromatic rings. The van der Waals surface area contributed by atoms with Crippen molar-refractivity contribution in [3.63, 3.8) is 0 Å². The van der Waals surface area contributed by atoms with E-state index in [1.165, 1.54) is 10.9 Å². The lowest BCUT2D eigenvalue weighted by molar-refractivity contribution is -0.257. The number of benzene rings is 2. The molecule has 5 atom stereocenters. The van der Waals surface area contributed by atoms with Gasteiger partial charge in [0.1, 0.15) is 35.6 Å². The predicted octanol–water partition coefficient (Wildman–Crippen LogP) is 2.71. The van der Waals surface area contributed by atoms with Crippen LogP contribution in [-0.4, -0.2) is 73.9 Å². The van der Waals surface area contributed by atoms with E-state index in [9.17, 15) is 28.5 Å². The SMILES string of the molecule is OC[C@H]1O[C@@]2(CCCN(c3cccc(Cl)c3)C2)C(O)[C@@H](n2cc(-c3cc(F)c(F)c(F)c3)nn2)[C@H]1O. The Morgan fingerprint density at radius 3 is 2.58 bits per heavy atom. The minimum Gasteiger partial charge on any atom is -0.394 e. The summed E-state index contributed by atoms with van der Waals surface area (Å²) in [5.41, 5.74) is -0.383. The van der Waals surface area contributed by atoms with E-state index in [0.717, 1.165) is 17.8 Å². The third-order valence-corrected chi connectivity index (χ3v) is 7.15. The lowest BCUT2D eigenvalue weighted by Gasteiger charge is -2.53. The molecule has 2 saturated heterocycles. The van der Waals surface area contributed by atoms with Gasteiger partial charge in [-0.25, -0.2) is 17.9 Å². The summed E-state index contributed by atoms with van der Waals surface area (Å²) in [6, 6.07) is 7.74. The van der Waals surface area contributed by atoms with Crippen LogP contribution < -0.4 is 4.90 Å². The molecule has 1 spiro atoms. The average Bonchev–Trinajstić information content (AvgIpc) is 3.35. The van der Waals surface area contributed by atoms with E-state index >= 15 is 0 Å². The van der Waals surface area contributed by atoms with Crippen molar-refractivity contribution >= 4 is 17.3 Å². The first-order valence-electron chi connectivity index (χ1n) is 11.4. The lowest BCUT2D eigenvalue weighted by atomic mass is 9.78. The summed E-state index contributed by atoms with van der Waals surface area (Å²) < 4.78 is 48.2. The number of ether oxygens (including phenoxy) is 1. The van der Waals surface area contributed by atoms with Crippen LogP contribution in [0.4, 0.5) is 18.9 Å². The number of anilines is 1. The largest absolute Gasteiger partial charge is 0.394 e. The normalized spacial score (nSPS) is 28.6. The van der Waals surface area contributed by atoms with Gasteiger partial charge in [0.25, 0.3) is 0 Å². The Balaban J connectivity index is 1.48. The second-order valence-corrected chi connectivity index (χ2v) is 9.61. The number of aliphatic hydroxyl groups is 3. The molecule has 36 heavy (non-hydrogen) atoms. The molecule has 12 heteroatoms. The second kappa shape index (κ2) is 9.64. The minimum atomic E-state index is -1.60. The van der Waals surface area contributed by atoms with Crippen LogP contribution in [0.2, 0.25) is 5.02 Å². The molecule has 0 radical (unpaired) electrons. The molecular formula is C24H24ClF3N4O4. The predicted molar refractivity (Wildman–Crippen MR) is 124 cm³/mol. The first kappa shape index (κ1) is 25.0. The van der Waals surface area contributed by atoms with Gasteiger partial charge in [0.05, 0.1) is 12.8 Å². The molecule has 8 nitrogen and oxygen atoms in total. The zero-order valence-corrected chi connectivity index (χ0v) is 19.7. The average molecular weight is 525 g/mol. The molecule has 2 fully saturated rings. The van der Waals surface area contributed by atoms with Crippen molar-refractivity contribution in [2.75, 3.05) is 24.6 Å². The number of hydrogen-bond donors (Lipinski definition) is 3. The fourth-order valence-corrected chi connectivity index (χ4v) is 5.33. The Hall–Kier alpha value is -2.70. The molecule has 0 saturated carbocycles. The van der Waals surface area contributed by atoms with Crippen LogP contribution in [0.25, 0.3) is 11.3 Å². The van der Waals surface area contributed by atoms with Crippen molar-refractivity contribution in [3.05, 3.63) is 65.1 Å². The Morgan fingerprint density at radius 2 is 1.89 bits per heavy atom. The van der Waals surface area contributed by atoms with Crippen LogP contribution in [0.15, 0.2) is 42.6 Å². The van der Waals surface area contributed by atoms with E-state index in [4.69, 9.17) is 16.3 Å². The Morgan fingerprint density at radius 1 is 1.14 bits per heavy atom. The van der Waals surface area contributed by atoms with Crippen molar-refractivity contribution in [1.29, 1.82) is 0 Å². The van der Waals surface area contributed by atoms with Crippen molar-refractivity contribution in [1.82, 2.24) is 15.0 Å². The molecule has 1 aromatic heterocycles. The van der Waals surface area contributed by atoms with Crippen LogP contribution in [-0.2, 0) is 4.74 Å². The summed E-state index contributed by atoms with van der Waals surface area (Å²) in [6.07, 6.45) is -1.29. The molecule has 0 aliphatic carbocycles. The monoisotopic (exact) mass is 524 g/mol. The Kier molecular flexibility index (Phi) is 6.69. The van der Waals surface area contributed by atoms with Gasteiger partial charge in [-0.05, 0) is 43.2 Å². The van der Waals surface area contributed by atoms with Crippen LogP contribution in [0, 0.1) is 17.5 Å². The maximum absolute atomic E-state index is 13.7. The summed E-state index contributed by atoms with van der Waals surface area (Å²) in [4.78, 5) is 2.01. The highest BCUT2D eigenvalue weighted by molar-refractivity contribution is 6.30. The molecule has 3 heterocycles. The Bertz CT molecular complexity index is 1240. The molecule has 192 valence electrons. The van der Waals surface area contributed by atoms with Gasteiger partial charge >= 0.3 is 0 Å². The third kappa shape index (κ3) is 4.35. The highest BCUT2D eigenvalue weighted by Crippen LogP contribution is 2.42. The van der Waals surface area contributed by atoms with Crippen LogP contribution in [0.1, 0.15) is 18.9 Å². The summed E-state index contributed by atoms with van der Waals surface area (Å²) in [5.74, 6) is -4.36. The molecule has 5 rings (SSSR count). The van der Waals surface area contributed by atoms with Crippen LogP contribution >= 0.6 is 11.6 Å². The standard InChI is InChI=1S/C24H24ClF3N4O4/c25-14-3-1-4-15(9-14)31-6-2-5-24(12-31)23(35)21(22(34)19(11-33)36-24)32-10-18(29-30-32)13-7-16(26)20(28)17(27)8-13/h1,3-4,7-10,19,21-23,33-35H,2,5-6,11-12H2/t19-,21+,22+,23?,24-/m1/s1. The third-order valence-electron chi connectivity index (χ3n) is 6.91. The number of aromatic nitrogens is 3. The van der Waals surface area contributed by atoms with Crippen LogP contribution in [0.5, 0.6) is 0 Å². The van der Waals surface area contributed by atoms with Gasteiger partial charge in [-0.2, -0.15) is 0 Å². The van der Waals surface area contributed by atoms with Crippen molar-refractivity contribution < 1.29 is 33.2 Å². The lowest BCUT2D eigenvalue weighted by Crippen LogP contribution is -2.67. The number of piperidine rings is 1. The highest BCUT2D eigenvalue weighted by atomic mass is 35.5. The van der Waals surface area contributed by atoms with Crippen molar-refractivity contribution in [2.45, 2.75) is 42.8 Å². The van der Waals surface area contributed by atoms with Crippen molar-refractivity contribution in [2.24, 2.45) is 0 Å².